The van der Waals surface area contributed by atoms with Gasteiger partial charge in [0.1, 0.15) is 0 Å². The lowest BCUT2D eigenvalue weighted by atomic mass is 10.1. The van der Waals surface area contributed by atoms with Gasteiger partial charge in [-0.25, -0.2) is 0 Å². The van der Waals surface area contributed by atoms with Crippen molar-refractivity contribution in [2.45, 2.75) is 31.8 Å². The zero-order chi connectivity index (χ0) is 14.7. The highest BCUT2D eigenvalue weighted by Gasteiger charge is 2.22. The number of hydrogen-bond donors (Lipinski definition) is 2. The number of halogens is 1. The molecule has 2 aromatic rings. The van der Waals surface area contributed by atoms with Crippen LogP contribution in [0.15, 0.2) is 34.9 Å². The molecule has 110 valence electrons. The van der Waals surface area contributed by atoms with E-state index in [0.29, 0.717) is 19.0 Å². The summed E-state index contributed by atoms with van der Waals surface area (Å²) >= 11 is 3.55. The second-order valence-corrected chi connectivity index (χ2v) is 6.23. The van der Waals surface area contributed by atoms with Gasteiger partial charge in [0.15, 0.2) is 0 Å². The maximum atomic E-state index is 11.6. The minimum absolute atomic E-state index is 0.142. The normalized spacial score (nSPS) is 14.3. The van der Waals surface area contributed by atoms with Crippen LogP contribution in [-0.2, 0) is 11.3 Å². The van der Waals surface area contributed by atoms with E-state index < -0.39 is 0 Å². The number of carbonyl (C=O) groups is 1. The van der Waals surface area contributed by atoms with Crippen molar-refractivity contribution in [2.24, 2.45) is 0 Å². The lowest BCUT2D eigenvalue weighted by molar-refractivity contribution is -0.121. The van der Waals surface area contributed by atoms with Crippen LogP contribution in [0.4, 0.5) is 0 Å². The Morgan fingerprint density at radius 1 is 1.33 bits per heavy atom. The maximum absolute atomic E-state index is 11.6. The molecule has 0 atom stereocenters. The lowest BCUT2D eigenvalue weighted by Gasteiger charge is -2.09. The number of nitrogens with zero attached hydrogens (tertiary/aromatic N) is 1. The second-order valence-electron chi connectivity index (χ2n) is 5.37. The van der Waals surface area contributed by atoms with E-state index in [2.05, 4.69) is 43.7 Å². The standard InChI is InChI=1S/C16H18BrN3O/c17-14-6-3-11(16-13(14)2-1-8-19-16)10-18-9-7-15(21)20-12-4-5-12/h1-3,6,8,12,18H,4-5,7,9-10H2,(H,20,21). The van der Waals surface area contributed by atoms with Gasteiger partial charge in [0.25, 0.3) is 0 Å². The summed E-state index contributed by atoms with van der Waals surface area (Å²) in [6.45, 7) is 1.40. The Kier molecular flexibility index (Phi) is 4.51. The van der Waals surface area contributed by atoms with Crippen LogP contribution in [0.25, 0.3) is 10.9 Å². The van der Waals surface area contributed by atoms with Crippen LogP contribution in [0.5, 0.6) is 0 Å². The Hall–Kier alpha value is -1.46. The fourth-order valence-corrected chi connectivity index (χ4v) is 2.74. The Labute approximate surface area is 132 Å². The summed E-state index contributed by atoms with van der Waals surface area (Å²) in [6, 6.07) is 8.54. The molecule has 0 radical (unpaired) electrons. The summed E-state index contributed by atoms with van der Waals surface area (Å²) in [5.41, 5.74) is 2.15. The highest BCUT2D eigenvalue weighted by atomic mass is 79.9. The molecule has 1 aliphatic carbocycles. The molecule has 1 aromatic heterocycles. The van der Waals surface area contributed by atoms with E-state index in [1.165, 1.54) is 0 Å². The van der Waals surface area contributed by atoms with Gasteiger partial charge in [-0.05, 0) is 30.5 Å². The molecule has 0 saturated heterocycles. The van der Waals surface area contributed by atoms with Gasteiger partial charge in [0.2, 0.25) is 5.91 Å². The molecule has 0 bridgehead atoms. The highest BCUT2D eigenvalue weighted by molar-refractivity contribution is 9.10. The smallest absolute Gasteiger partial charge is 0.221 e. The molecule has 0 unspecified atom stereocenters. The molecule has 2 N–H and O–H groups in total. The quantitative estimate of drug-likeness (QED) is 0.790. The largest absolute Gasteiger partial charge is 0.353 e. The predicted octanol–water partition coefficient (Wildman–Crippen LogP) is 2.76. The van der Waals surface area contributed by atoms with Crippen LogP contribution in [-0.4, -0.2) is 23.5 Å². The molecular weight excluding hydrogens is 330 g/mol. The van der Waals surface area contributed by atoms with Gasteiger partial charge in [-0.2, -0.15) is 0 Å². The monoisotopic (exact) mass is 347 g/mol. The minimum Gasteiger partial charge on any atom is -0.353 e. The zero-order valence-electron chi connectivity index (χ0n) is 11.7. The first-order chi connectivity index (χ1) is 10.2. The Morgan fingerprint density at radius 2 is 2.19 bits per heavy atom. The van der Waals surface area contributed by atoms with E-state index in [1.54, 1.807) is 6.20 Å². The van der Waals surface area contributed by atoms with Crippen molar-refractivity contribution >= 4 is 32.7 Å². The van der Waals surface area contributed by atoms with Crippen molar-refractivity contribution < 1.29 is 4.79 Å². The molecule has 1 amide bonds. The number of benzene rings is 1. The van der Waals surface area contributed by atoms with Crippen LogP contribution >= 0.6 is 15.9 Å². The second kappa shape index (κ2) is 6.54. The van der Waals surface area contributed by atoms with Gasteiger partial charge < -0.3 is 10.6 Å². The third-order valence-corrected chi connectivity index (χ3v) is 4.28. The Morgan fingerprint density at radius 3 is 3.00 bits per heavy atom. The van der Waals surface area contributed by atoms with Gasteiger partial charge >= 0.3 is 0 Å². The van der Waals surface area contributed by atoms with E-state index in [4.69, 9.17) is 0 Å². The molecule has 1 aliphatic rings. The molecule has 0 spiro atoms. The number of pyridine rings is 1. The van der Waals surface area contributed by atoms with Gasteiger partial charge in [0.05, 0.1) is 5.52 Å². The van der Waals surface area contributed by atoms with E-state index in [0.717, 1.165) is 40.3 Å². The molecule has 1 aromatic carbocycles. The van der Waals surface area contributed by atoms with Crippen molar-refractivity contribution in [3.8, 4) is 0 Å². The van der Waals surface area contributed by atoms with Crippen LogP contribution in [0.3, 0.4) is 0 Å². The molecule has 1 saturated carbocycles. The van der Waals surface area contributed by atoms with Crippen molar-refractivity contribution in [2.75, 3.05) is 6.54 Å². The highest BCUT2D eigenvalue weighted by Crippen LogP contribution is 2.25. The zero-order valence-corrected chi connectivity index (χ0v) is 13.3. The van der Waals surface area contributed by atoms with Crippen molar-refractivity contribution in [1.29, 1.82) is 0 Å². The number of aromatic nitrogens is 1. The predicted molar refractivity (Wildman–Crippen MR) is 86.9 cm³/mol. The summed E-state index contributed by atoms with van der Waals surface area (Å²) in [4.78, 5) is 16.0. The summed E-state index contributed by atoms with van der Waals surface area (Å²) in [6.07, 6.45) is 4.60. The average Bonchev–Trinajstić information content (AvgIpc) is 3.30. The van der Waals surface area contributed by atoms with Crippen LogP contribution < -0.4 is 10.6 Å². The molecular formula is C16H18BrN3O. The average molecular weight is 348 g/mol. The molecule has 21 heavy (non-hydrogen) atoms. The number of hydrogen-bond acceptors (Lipinski definition) is 3. The van der Waals surface area contributed by atoms with E-state index >= 15 is 0 Å². The van der Waals surface area contributed by atoms with Crippen LogP contribution in [0.2, 0.25) is 0 Å². The number of amides is 1. The summed E-state index contributed by atoms with van der Waals surface area (Å²) < 4.78 is 1.05. The van der Waals surface area contributed by atoms with Crippen molar-refractivity contribution in [3.63, 3.8) is 0 Å². The number of fused-ring (bicyclic) bond motifs is 1. The molecule has 0 aliphatic heterocycles. The topological polar surface area (TPSA) is 54.0 Å². The molecule has 4 nitrogen and oxygen atoms in total. The van der Waals surface area contributed by atoms with Gasteiger partial charge in [-0.15, -0.1) is 0 Å². The molecule has 5 heteroatoms. The first kappa shape index (κ1) is 14.5. The fraction of sp³-hybridized carbons (Fsp3) is 0.375. The molecule has 3 rings (SSSR count). The van der Waals surface area contributed by atoms with Crippen LogP contribution in [0, 0.1) is 0 Å². The first-order valence-electron chi connectivity index (χ1n) is 7.26. The third kappa shape index (κ3) is 3.80. The third-order valence-electron chi connectivity index (χ3n) is 3.59. The Balaban J connectivity index is 1.55. The van der Waals surface area contributed by atoms with E-state index in [9.17, 15) is 4.79 Å². The van der Waals surface area contributed by atoms with Gasteiger partial charge in [-0.1, -0.05) is 28.1 Å². The first-order valence-corrected chi connectivity index (χ1v) is 8.05. The van der Waals surface area contributed by atoms with E-state index in [1.807, 2.05) is 12.1 Å². The minimum atomic E-state index is 0.142. The number of rotatable bonds is 6. The van der Waals surface area contributed by atoms with Crippen molar-refractivity contribution in [3.05, 3.63) is 40.5 Å². The molecule has 1 heterocycles. The van der Waals surface area contributed by atoms with E-state index in [-0.39, 0.29) is 5.91 Å². The number of nitrogens with one attached hydrogen (secondary N) is 2. The number of carbonyl (C=O) groups excluding carboxylic acids is 1. The SMILES string of the molecule is O=C(CCNCc1ccc(Br)c2cccnc12)NC1CC1. The van der Waals surface area contributed by atoms with Gasteiger partial charge in [-0.3, -0.25) is 9.78 Å². The lowest BCUT2D eigenvalue weighted by Crippen LogP contribution is -2.29. The fourth-order valence-electron chi connectivity index (χ4n) is 2.29. The van der Waals surface area contributed by atoms with Crippen molar-refractivity contribution in [1.82, 2.24) is 15.6 Å². The van der Waals surface area contributed by atoms with Crippen LogP contribution in [0.1, 0.15) is 24.8 Å². The summed E-state index contributed by atoms with van der Waals surface area (Å²) in [5, 5.41) is 7.43. The molecule has 1 fully saturated rings. The summed E-state index contributed by atoms with van der Waals surface area (Å²) in [5.74, 6) is 0.142. The van der Waals surface area contributed by atoms with Gasteiger partial charge in [0, 0.05) is 41.6 Å². The summed E-state index contributed by atoms with van der Waals surface area (Å²) in [7, 11) is 0. The maximum Gasteiger partial charge on any atom is 0.221 e. The Bertz CT molecular complexity index is 655.